The summed E-state index contributed by atoms with van der Waals surface area (Å²) in [5, 5.41) is 0. The van der Waals surface area contributed by atoms with Gasteiger partial charge in [-0.25, -0.2) is 0 Å². The quantitative estimate of drug-likeness (QED) is 0.177. The fourth-order valence-electron chi connectivity index (χ4n) is 2.38. The van der Waals surface area contributed by atoms with E-state index in [1.54, 1.807) is 6.08 Å². The van der Waals surface area contributed by atoms with Crippen LogP contribution in [-0.4, -0.2) is 32.1 Å². The van der Waals surface area contributed by atoms with Gasteiger partial charge in [-0.1, -0.05) is 42.1 Å². The van der Waals surface area contributed by atoms with E-state index in [0.717, 1.165) is 19.8 Å². The number of ether oxygens (including phenoxy) is 3. The van der Waals surface area contributed by atoms with Gasteiger partial charge in [-0.05, 0) is 18.1 Å². The van der Waals surface area contributed by atoms with Gasteiger partial charge in [-0.15, -0.1) is 6.58 Å². The molecule has 0 N–H and O–H groups in total. The molecule has 0 heterocycles. The average molecular weight is 358 g/mol. The van der Waals surface area contributed by atoms with Crippen molar-refractivity contribution in [3.63, 3.8) is 0 Å². The Labute approximate surface area is 152 Å². The van der Waals surface area contributed by atoms with Gasteiger partial charge in [-0.2, -0.15) is 0 Å². The van der Waals surface area contributed by atoms with Crippen LogP contribution >= 0.6 is 0 Å². The maximum Gasteiger partial charge on any atom is 0.324 e. The van der Waals surface area contributed by atoms with Gasteiger partial charge >= 0.3 is 17.9 Å². The molecular weight excluding hydrogens is 336 g/mol. The number of carbonyl (C=O) groups excluding carboxylic acids is 3. The lowest BCUT2D eigenvalue weighted by atomic mass is 9.80. The first-order valence-electron chi connectivity index (χ1n) is 7.86. The maximum atomic E-state index is 12.4. The molecule has 0 aliphatic carbocycles. The number of hydrogen-bond acceptors (Lipinski definition) is 6. The molecule has 0 bridgehead atoms. The van der Waals surface area contributed by atoms with E-state index in [-0.39, 0.29) is 18.6 Å². The van der Waals surface area contributed by atoms with Crippen LogP contribution in [0.3, 0.4) is 0 Å². The Kier molecular flexibility index (Phi) is 8.06. The number of benzene rings is 1. The van der Waals surface area contributed by atoms with E-state index in [9.17, 15) is 14.4 Å². The molecule has 6 heteroatoms. The zero-order chi connectivity index (χ0) is 19.6. The Morgan fingerprint density at radius 2 is 1.69 bits per heavy atom. The third-order valence-electron chi connectivity index (χ3n) is 3.57. The average Bonchev–Trinajstić information content (AvgIpc) is 2.64. The zero-order valence-corrected chi connectivity index (χ0v) is 15.1. The number of allylic oxidation sites excluding steroid dienone is 2. The Balaban J connectivity index is 3.40. The molecule has 0 amide bonds. The Morgan fingerprint density at radius 3 is 2.15 bits per heavy atom. The molecule has 1 aromatic carbocycles. The van der Waals surface area contributed by atoms with Gasteiger partial charge in [0.05, 0.1) is 14.2 Å². The molecule has 0 aliphatic rings. The van der Waals surface area contributed by atoms with Crippen molar-refractivity contribution in [1.82, 2.24) is 0 Å². The standard InChI is InChI=1S/C20H22O6/c1-5-13-20(18(22)24-3,19(23)25-4)14-17(26-15(2)21)12-11-16-9-7-6-8-10-16/h5-11H,1,13-14H2,2-4H3. The van der Waals surface area contributed by atoms with Crippen LogP contribution in [0.4, 0.5) is 0 Å². The van der Waals surface area contributed by atoms with E-state index in [1.165, 1.54) is 13.0 Å². The van der Waals surface area contributed by atoms with Crippen molar-refractivity contribution in [3.05, 3.63) is 60.0 Å². The smallest absolute Gasteiger partial charge is 0.324 e. The number of hydrogen-bond donors (Lipinski definition) is 0. The van der Waals surface area contributed by atoms with E-state index >= 15 is 0 Å². The summed E-state index contributed by atoms with van der Waals surface area (Å²) in [7, 11) is 2.33. The van der Waals surface area contributed by atoms with E-state index in [0.29, 0.717) is 0 Å². The Morgan fingerprint density at radius 1 is 1.12 bits per heavy atom. The van der Waals surface area contributed by atoms with Crippen LogP contribution in [0, 0.1) is 5.41 Å². The molecule has 0 saturated heterocycles. The first-order valence-corrected chi connectivity index (χ1v) is 7.86. The fourth-order valence-corrected chi connectivity index (χ4v) is 2.38. The topological polar surface area (TPSA) is 78.9 Å². The van der Waals surface area contributed by atoms with Gasteiger partial charge in [0.2, 0.25) is 0 Å². The monoisotopic (exact) mass is 358 g/mol. The highest BCUT2D eigenvalue weighted by molar-refractivity contribution is 6.00. The van der Waals surface area contributed by atoms with Crippen molar-refractivity contribution in [2.24, 2.45) is 5.41 Å². The van der Waals surface area contributed by atoms with Gasteiger partial charge in [0.1, 0.15) is 0 Å². The van der Waals surface area contributed by atoms with Crippen LogP contribution in [0.5, 0.6) is 0 Å². The molecule has 0 aliphatic heterocycles. The number of carbonyl (C=O) groups is 3. The SMILES string of the molecule is C=CCC(CC(=C=Cc1ccccc1)OC(C)=O)(C(=O)OC)C(=O)OC. The van der Waals surface area contributed by atoms with Crippen LogP contribution < -0.4 is 0 Å². The second kappa shape index (κ2) is 10.0. The molecule has 26 heavy (non-hydrogen) atoms. The molecule has 0 unspecified atom stereocenters. The van der Waals surface area contributed by atoms with Crippen LogP contribution in [0.25, 0.3) is 6.08 Å². The molecule has 0 fully saturated rings. The van der Waals surface area contributed by atoms with Crippen molar-refractivity contribution in [3.8, 4) is 0 Å². The highest BCUT2D eigenvalue weighted by atomic mass is 16.6. The molecule has 0 spiro atoms. The minimum atomic E-state index is -1.71. The molecule has 0 radical (unpaired) electrons. The molecule has 0 aromatic heterocycles. The highest BCUT2D eigenvalue weighted by Gasteiger charge is 2.48. The predicted molar refractivity (Wildman–Crippen MR) is 95.6 cm³/mol. The minimum Gasteiger partial charge on any atom is -0.468 e. The lowest BCUT2D eigenvalue weighted by Gasteiger charge is -2.27. The van der Waals surface area contributed by atoms with Gasteiger partial charge < -0.3 is 14.2 Å². The van der Waals surface area contributed by atoms with Gasteiger partial charge in [-0.3, -0.25) is 14.4 Å². The molecule has 138 valence electrons. The number of esters is 3. The maximum absolute atomic E-state index is 12.4. The van der Waals surface area contributed by atoms with Gasteiger partial charge in [0.25, 0.3) is 0 Å². The molecule has 0 atom stereocenters. The van der Waals surface area contributed by atoms with Crippen LogP contribution in [-0.2, 0) is 28.6 Å². The number of methoxy groups -OCH3 is 2. The lowest BCUT2D eigenvalue weighted by molar-refractivity contribution is -0.170. The third-order valence-corrected chi connectivity index (χ3v) is 3.57. The molecule has 1 aromatic rings. The zero-order valence-electron chi connectivity index (χ0n) is 15.1. The Bertz CT molecular complexity index is 710. The lowest BCUT2D eigenvalue weighted by Crippen LogP contribution is -2.41. The van der Waals surface area contributed by atoms with E-state index in [1.807, 2.05) is 30.3 Å². The molecule has 6 nitrogen and oxygen atoms in total. The molecule has 0 saturated carbocycles. The summed E-state index contributed by atoms with van der Waals surface area (Å²) in [4.78, 5) is 36.2. The summed E-state index contributed by atoms with van der Waals surface area (Å²) in [6.45, 7) is 4.80. The van der Waals surface area contributed by atoms with Crippen LogP contribution in [0.1, 0.15) is 25.3 Å². The van der Waals surface area contributed by atoms with Crippen molar-refractivity contribution in [2.75, 3.05) is 14.2 Å². The van der Waals surface area contributed by atoms with Crippen molar-refractivity contribution in [2.45, 2.75) is 19.8 Å². The van der Waals surface area contributed by atoms with E-state index < -0.39 is 23.3 Å². The van der Waals surface area contributed by atoms with Crippen molar-refractivity contribution in [1.29, 1.82) is 0 Å². The van der Waals surface area contributed by atoms with Gasteiger partial charge in [0, 0.05) is 13.3 Å². The van der Waals surface area contributed by atoms with Gasteiger partial charge in [0.15, 0.2) is 11.2 Å². The highest BCUT2D eigenvalue weighted by Crippen LogP contribution is 2.34. The molecular formula is C20H22O6. The van der Waals surface area contributed by atoms with E-state index in [4.69, 9.17) is 14.2 Å². The summed E-state index contributed by atoms with van der Waals surface area (Å²) in [6, 6.07) is 9.19. The van der Waals surface area contributed by atoms with Crippen molar-refractivity contribution < 1.29 is 28.6 Å². The minimum absolute atomic E-state index is 0.0130. The second-order valence-corrected chi connectivity index (χ2v) is 5.45. The Hall–Kier alpha value is -3.11. The van der Waals surface area contributed by atoms with E-state index in [2.05, 4.69) is 12.3 Å². The fraction of sp³-hybridized carbons (Fsp3) is 0.300. The predicted octanol–water partition coefficient (Wildman–Crippen LogP) is 3.04. The first-order chi connectivity index (χ1) is 12.4. The normalized spacial score (nSPS) is 10.1. The summed E-state index contributed by atoms with van der Waals surface area (Å²) in [6.07, 6.45) is 2.68. The third kappa shape index (κ3) is 5.46. The molecule has 1 rings (SSSR count). The number of rotatable bonds is 8. The summed E-state index contributed by atoms with van der Waals surface area (Å²) in [5.41, 5.74) is 1.93. The van der Waals surface area contributed by atoms with Crippen LogP contribution in [0.2, 0.25) is 0 Å². The largest absolute Gasteiger partial charge is 0.468 e. The summed E-state index contributed by atoms with van der Waals surface area (Å²) in [5.74, 6) is -2.21. The second-order valence-electron chi connectivity index (χ2n) is 5.45. The van der Waals surface area contributed by atoms with Crippen molar-refractivity contribution >= 4 is 24.0 Å². The summed E-state index contributed by atoms with van der Waals surface area (Å²) < 4.78 is 14.7. The van der Waals surface area contributed by atoms with Crippen LogP contribution in [0.15, 0.2) is 54.5 Å². The first kappa shape index (κ1) is 20.9. The summed E-state index contributed by atoms with van der Waals surface area (Å²) >= 11 is 0.